The van der Waals surface area contributed by atoms with Crippen molar-refractivity contribution in [3.63, 3.8) is 0 Å². The number of nitrogens with zero attached hydrogens (tertiary/aromatic N) is 3. The number of nitrogens with one attached hydrogen (secondary N) is 1. The third-order valence-corrected chi connectivity index (χ3v) is 7.53. The van der Waals surface area contributed by atoms with Gasteiger partial charge in [-0.3, -0.25) is 9.69 Å². The van der Waals surface area contributed by atoms with Crippen molar-refractivity contribution >= 4 is 45.0 Å². The van der Waals surface area contributed by atoms with Gasteiger partial charge in [0.2, 0.25) is 5.91 Å². The van der Waals surface area contributed by atoms with E-state index >= 15 is 0 Å². The molecule has 4 aromatic carbocycles. The fraction of sp³-hybridized carbons (Fsp3) is 0.226. The van der Waals surface area contributed by atoms with Crippen LogP contribution in [0, 0.1) is 5.92 Å². The first kappa shape index (κ1) is 23.7. The van der Waals surface area contributed by atoms with Crippen molar-refractivity contribution in [2.24, 2.45) is 5.92 Å². The molecule has 0 bridgehead atoms. The van der Waals surface area contributed by atoms with Crippen molar-refractivity contribution < 1.29 is 4.79 Å². The minimum Gasteiger partial charge on any atom is -0.325 e. The summed E-state index contributed by atoms with van der Waals surface area (Å²) >= 11 is 6.11. The van der Waals surface area contributed by atoms with Crippen LogP contribution in [0.4, 0.5) is 5.69 Å². The summed E-state index contributed by atoms with van der Waals surface area (Å²) < 4.78 is 2.29. The molecule has 1 fully saturated rings. The maximum Gasteiger partial charge on any atom is 0.228 e. The summed E-state index contributed by atoms with van der Waals surface area (Å²) in [5.74, 6) is 1.06. The Morgan fingerprint density at radius 3 is 2.59 bits per heavy atom. The molecule has 0 radical (unpaired) electrons. The topological polar surface area (TPSA) is 50.2 Å². The Bertz CT molecular complexity index is 1550. The average Bonchev–Trinajstić information content (AvgIpc) is 3.27. The van der Waals surface area contributed by atoms with Crippen LogP contribution in [0.25, 0.3) is 21.8 Å². The Morgan fingerprint density at radius 2 is 1.70 bits per heavy atom. The molecule has 1 aliphatic rings. The van der Waals surface area contributed by atoms with Crippen LogP contribution in [-0.4, -0.2) is 33.4 Å². The molecule has 1 saturated heterocycles. The number of rotatable bonds is 6. The van der Waals surface area contributed by atoms with Crippen molar-refractivity contribution in [2.75, 3.05) is 18.4 Å². The van der Waals surface area contributed by atoms with E-state index in [0.29, 0.717) is 6.54 Å². The molecule has 5 aromatic rings. The third-order valence-electron chi connectivity index (χ3n) is 7.28. The van der Waals surface area contributed by atoms with Crippen molar-refractivity contribution in [2.45, 2.75) is 25.9 Å². The number of piperidine rings is 1. The molecule has 1 atom stereocenters. The van der Waals surface area contributed by atoms with Crippen molar-refractivity contribution in [3.05, 3.63) is 107 Å². The minimum atomic E-state index is -0.0539. The Balaban J connectivity index is 1.20. The molecule has 2 heterocycles. The Morgan fingerprint density at radius 1 is 0.919 bits per heavy atom. The van der Waals surface area contributed by atoms with E-state index in [0.717, 1.165) is 70.8 Å². The lowest BCUT2D eigenvalue weighted by atomic mass is 9.96. The Hall–Kier alpha value is -3.67. The molecule has 0 aliphatic carbocycles. The first-order valence-electron chi connectivity index (χ1n) is 12.8. The van der Waals surface area contributed by atoms with Gasteiger partial charge in [-0.2, -0.15) is 0 Å². The number of anilines is 1. The molecule has 0 unspecified atom stereocenters. The zero-order valence-electron chi connectivity index (χ0n) is 20.6. The quantitative estimate of drug-likeness (QED) is 0.276. The standard InChI is InChI=1S/C31H29ClN4O/c32-25-16-14-22(15-17-25)19-36-29-13-4-3-11-28(29)33-30(36)21-35-18-6-9-24(20-35)31(37)34-27-12-5-8-23-7-1-2-10-26(23)27/h1-5,7-8,10-17,24H,6,9,18-21H2,(H,34,37)/t24-/m0/s1. The highest BCUT2D eigenvalue weighted by Crippen LogP contribution is 2.26. The average molecular weight is 509 g/mol. The first-order chi connectivity index (χ1) is 18.1. The van der Waals surface area contributed by atoms with E-state index in [2.05, 4.69) is 63.3 Å². The van der Waals surface area contributed by atoms with Crippen LogP contribution in [0.2, 0.25) is 5.02 Å². The van der Waals surface area contributed by atoms with E-state index in [1.807, 2.05) is 42.5 Å². The normalized spacial score (nSPS) is 16.3. The highest BCUT2D eigenvalue weighted by Gasteiger charge is 2.27. The number of para-hydroxylation sites is 2. The molecule has 6 rings (SSSR count). The summed E-state index contributed by atoms with van der Waals surface area (Å²) in [6.07, 6.45) is 1.89. The second-order valence-corrected chi connectivity index (χ2v) is 10.3. The number of benzene rings is 4. The van der Waals surface area contributed by atoms with Crippen LogP contribution < -0.4 is 5.32 Å². The molecule has 1 N–H and O–H groups in total. The maximum atomic E-state index is 13.3. The van der Waals surface area contributed by atoms with E-state index in [4.69, 9.17) is 16.6 Å². The summed E-state index contributed by atoms with van der Waals surface area (Å²) in [6.45, 7) is 3.12. The van der Waals surface area contributed by atoms with Crippen LogP contribution >= 0.6 is 11.6 Å². The van der Waals surface area contributed by atoms with Crippen LogP contribution in [0.1, 0.15) is 24.2 Å². The van der Waals surface area contributed by atoms with Gasteiger partial charge < -0.3 is 9.88 Å². The van der Waals surface area contributed by atoms with E-state index in [1.165, 1.54) is 5.56 Å². The zero-order valence-corrected chi connectivity index (χ0v) is 21.4. The number of likely N-dealkylation sites (tertiary alicyclic amines) is 1. The number of amides is 1. The summed E-state index contributed by atoms with van der Waals surface area (Å²) in [6, 6.07) is 30.5. The smallest absolute Gasteiger partial charge is 0.228 e. The number of hydrogen-bond donors (Lipinski definition) is 1. The number of carbonyl (C=O) groups excluding carboxylic acids is 1. The highest BCUT2D eigenvalue weighted by atomic mass is 35.5. The zero-order chi connectivity index (χ0) is 25.2. The predicted molar refractivity (Wildman–Crippen MR) is 151 cm³/mol. The monoisotopic (exact) mass is 508 g/mol. The highest BCUT2D eigenvalue weighted by molar-refractivity contribution is 6.30. The SMILES string of the molecule is O=C(Nc1cccc2ccccc12)[C@H]1CCCN(Cc2nc3ccccc3n2Cc2ccc(Cl)cc2)C1. The molecule has 0 spiro atoms. The van der Waals surface area contributed by atoms with E-state index in [9.17, 15) is 4.79 Å². The van der Waals surface area contributed by atoms with Gasteiger partial charge in [0.25, 0.3) is 0 Å². The number of fused-ring (bicyclic) bond motifs is 2. The van der Waals surface area contributed by atoms with Crippen LogP contribution in [-0.2, 0) is 17.9 Å². The molecular weight excluding hydrogens is 480 g/mol. The molecule has 5 nitrogen and oxygen atoms in total. The Labute approximate surface area is 221 Å². The summed E-state index contributed by atoms with van der Waals surface area (Å²) in [7, 11) is 0. The van der Waals surface area contributed by atoms with Gasteiger partial charge in [-0.25, -0.2) is 4.98 Å². The second kappa shape index (κ2) is 10.4. The fourth-order valence-electron chi connectivity index (χ4n) is 5.38. The Kier molecular flexibility index (Phi) is 6.64. The molecule has 186 valence electrons. The van der Waals surface area contributed by atoms with Crippen LogP contribution in [0.5, 0.6) is 0 Å². The molecule has 1 amide bonds. The fourth-order valence-corrected chi connectivity index (χ4v) is 5.50. The van der Waals surface area contributed by atoms with Crippen LogP contribution in [0.3, 0.4) is 0 Å². The van der Waals surface area contributed by atoms with Gasteiger partial charge >= 0.3 is 0 Å². The van der Waals surface area contributed by atoms with E-state index in [-0.39, 0.29) is 11.8 Å². The minimum absolute atomic E-state index is 0.0539. The summed E-state index contributed by atoms with van der Waals surface area (Å²) in [5.41, 5.74) is 4.17. The number of imidazole rings is 1. The first-order valence-corrected chi connectivity index (χ1v) is 13.2. The molecule has 1 aliphatic heterocycles. The summed E-state index contributed by atoms with van der Waals surface area (Å²) in [5, 5.41) is 6.15. The maximum absolute atomic E-state index is 13.3. The van der Waals surface area contributed by atoms with Gasteiger partial charge in [0.05, 0.1) is 23.5 Å². The van der Waals surface area contributed by atoms with Crippen molar-refractivity contribution in [1.82, 2.24) is 14.5 Å². The van der Waals surface area contributed by atoms with Gasteiger partial charge in [-0.1, -0.05) is 72.3 Å². The molecule has 37 heavy (non-hydrogen) atoms. The lowest BCUT2D eigenvalue weighted by Crippen LogP contribution is -2.40. The van der Waals surface area contributed by atoms with Gasteiger partial charge in [0, 0.05) is 29.2 Å². The van der Waals surface area contributed by atoms with Gasteiger partial charge in [0.15, 0.2) is 0 Å². The third kappa shape index (κ3) is 5.10. The van der Waals surface area contributed by atoms with Crippen molar-refractivity contribution in [3.8, 4) is 0 Å². The molecular formula is C31H29ClN4O. The van der Waals surface area contributed by atoms with Crippen molar-refractivity contribution in [1.29, 1.82) is 0 Å². The number of aromatic nitrogens is 2. The number of hydrogen-bond acceptors (Lipinski definition) is 3. The summed E-state index contributed by atoms with van der Waals surface area (Å²) in [4.78, 5) is 20.7. The molecule has 1 aromatic heterocycles. The number of carbonyl (C=O) groups is 1. The van der Waals surface area contributed by atoms with Gasteiger partial charge in [-0.05, 0) is 60.7 Å². The van der Waals surface area contributed by atoms with E-state index in [1.54, 1.807) is 0 Å². The predicted octanol–water partition coefficient (Wildman–Crippen LogP) is 6.74. The van der Waals surface area contributed by atoms with E-state index < -0.39 is 0 Å². The van der Waals surface area contributed by atoms with Crippen LogP contribution in [0.15, 0.2) is 91.0 Å². The molecule has 0 saturated carbocycles. The van der Waals surface area contributed by atoms with Gasteiger partial charge in [0.1, 0.15) is 5.82 Å². The lowest BCUT2D eigenvalue weighted by molar-refractivity contribution is -0.121. The number of halogens is 1. The lowest BCUT2D eigenvalue weighted by Gasteiger charge is -2.32. The van der Waals surface area contributed by atoms with Gasteiger partial charge in [-0.15, -0.1) is 0 Å². The second-order valence-electron chi connectivity index (χ2n) is 9.82. The molecule has 6 heteroatoms. The largest absolute Gasteiger partial charge is 0.325 e.